The summed E-state index contributed by atoms with van der Waals surface area (Å²) in [6.45, 7) is 8.57. The molecule has 2 saturated heterocycles. The summed E-state index contributed by atoms with van der Waals surface area (Å²) in [5, 5.41) is 13.7. The average molecular weight is 322 g/mol. The molecule has 2 fully saturated rings. The number of nitrogens with two attached hydrogens (primary N) is 1. The van der Waals surface area contributed by atoms with Crippen LogP contribution in [0.4, 0.5) is 17.6 Å². The van der Waals surface area contributed by atoms with Crippen molar-refractivity contribution in [1.29, 1.82) is 0 Å². The number of morpholine rings is 1. The minimum absolute atomic E-state index is 0.108. The van der Waals surface area contributed by atoms with Crippen LogP contribution in [0.3, 0.4) is 0 Å². The van der Waals surface area contributed by atoms with Crippen molar-refractivity contribution in [2.24, 2.45) is 0 Å². The lowest BCUT2D eigenvalue weighted by Crippen LogP contribution is -2.48. The van der Waals surface area contributed by atoms with Gasteiger partial charge in [0.2, 0.25) is 5.95 Å². The number of anilines is 3. The van der Waals surface area contributed by atoms with Crippen LogP contribution in [0, 0.1) is 0 Å². The second-order valence-corrected chi connectivity index (χ2v) is 6.46. The van der Waals surface area contributed by atoms with Crippen LogP contribution in [0.2, 0.25) is 0 Å². The Labute approximate surface area is 136 Å². The molecule has 8 heteroatoms. The van der Waals surface area contributed by atoms with Crippen molar-refractivity contribution in [3.05, 3.63) is 6.07 Å². The number of hydrogen-bond donors (Lipinski definition) is 3. The minimum atomic E-state index is -0.397. The van der Waals surface area contributed by atoms with Crippen molar-refractivity contribution in [2.45, 2.75) is 32.0 Å². The van der Waals surface area contributed by atoms with E-state index in [1.165, 1.54) is 0 Å². The van der Waals surface area contributed by atoms with E-state index in [1.807, 2.05) is 19.9 Å². The van der Waals surface area contributed by atoms with Crippen molar-refractivity contribution in [2.75, 3.05) is 55.3 Å². The molecule has 0 radical (unpaired) electrons. The molecule has 4 N–H and O–H groups in total. The van der Waals surface area contributed by atoms with E-state index < -0.39 is 6.10 Å². The number of nitrogen functional groups attached to an aromatic ring is 1. The maximum Gasteiger partial charge on any atom is 0.223 e. The number of aromatic nitrogens is 2. The number of ether oxygens (including phenoxy) is 1. The molecule has 0 unspecified atom stereocenters. The second-order valence-electron chi connectivity index (χ2n) is 6.46. The Bertz CT molecular complexity index is 535. The van der Waals surface area contributed by atoms with Crippen LogP contribution in [0.5, 0.6) is 0 Å². The highest BCUT2D eigenvalue weighted by Gasteiger charge is 2.36. The fourth-order valence-corrected chi connectivity index (χ4v) is 3.21. The topological polar surface area (TPSA) is 99.8 Å². The monoisotopic (exact) mass is 322 g/mol. The normalized spacial score (nSPS) is 26.0. The summed E-state index contributed by atoms with van der Waals surface area (Å²) in [6.07, 6.45) is -0.397. The molecule has 128 valence electrons. The van der Waals surface area contributed by atoms with Crippen LogP contribution >= 0.6 is 0 Å². The third-order valence-electron chi connectivity index (χ3n) is 4.26. The molecule has 3 heterocycles. The lowest BCUT2D eigenvalue weighted by Gasteiger charge is -2.33. The highest BCUT2D eigenvalue weighted by molar-refractivity contribution is 5.53. The van der Waals surface area contributed by atoms with Gasteiger partial charge in [0.05, 0.1) is 25.4 Å². The lowest BCUT2D eigenvalue weighted by atomic mass is 10.2. The SMILES string of the molecule is CC(C)Nc1cc(N2C[C@H](O)[C@@H](N3CCOCC3)C2)nc(N)n1. The summed E-state index contributed by atoms with van der Waals surface area (Å²) in [4.78, 5) is 12.9. The number of rotatable bonds is 4. The number of nitrogens with zero attached hydrogens (tertiary/aromatic N) is 4. The molecule has 2 aliphatic rings. The van der Waals surface area contributed by atoms with Gasteiger partial charge in [-0.3, -0.25) is 4.90 Å². The first kappa shape index (κ1) is 16.2. The van der Waals surface area contributed by atoms with E-state index in [0.29, 0.717) is 12.4 Å². The quantitative estimate of drug-likeness (QED) is 0.698. The van der Waals surface area contributed by atoms with Gasteiger partial charge in [-0.05, 0) is 13.8 Å². The molecule has 0 aliphatic carbocycles. The summed E-state index contributed by atoms with van der Waals surface area (Å²) >= 11 is 0. The maximum absolute atomic E-state index is 10.4. The first-order valence-corrected chi connectivity index (χ1v) is 8.19. The van der Waals surface area contributed by atoms with Gasteiger partial charge >= 0.3 is 0 Å². The molecule has 8 nitrogen and oxygen atoms in total. The van der Waals surface area contributed by atoms with E-state index in [2.05, 4.69) is 25.1 Å². The van der Waals surface area contributed by atoms with Gasteiger partial charge in [-0.15, -0.1) is 0 Å². The average Bonchev–Trinajstić information content (AvgIpc) is 2.89. The van der Waals surface area contributed by atoms with Crippen molar-refractivity contribution in [3.8, 4) is 0 Å². The summed E-state index contributed by atoms with van der Waals surface area (Å²) in [6, 6.07) is 2.27. The van der Waals surface area contributed by atoms with Gasteiger partial charge in [0, 0.05) is 38.3 Å². The van der Waals surface area contributed by atoms with Gasteiger partial charge in [-0.1, -0.05) is 0 Å². The molecule has 1 aromatic heterocycles. The summed E-state index contributed by atoms with van der Waals surface area (Å²) < 4.78 is 5.39. The zero-order valence-electron chi connectivity index (χ0n) is 13.8. The molecular formula is C15H26N6O2. The van der Waals surface area contributed by atoms with Gasteiger partial charge in [-0.2, -0.15) is 9.97 Å². The molecule has 0 aromatic carbocycles. The zero-order chi connectivity index (χ0) is 16.4. The smallest absolute Gasteiger partial charge is 0.223 e. The highest BCUT2D eigenvalue weighted by atomic mass is 16.5. The molecule has 0 saturated carbocycles. The van der Waals surface area contributed by atoms with Crippen molar-refractivity contribution in [1.82, 2.24) is 14.9 Å². The van der Waals surface area contributed by atoms with E-state index in [9.17, 15) is 5.11 Å². The molecule has 2 aliphatic heterocycles. The van der Waals surface area contributed by atoms with E-state index in [0.717, 1.165) is 38.7 Å². The number of hydrogen-bond acceptors (Lipinski definition) is 8. The first-order valence-electron chi connectivity index (χ1n) is 8.19. The minimum Gasteiger partial charge on any atom is -0.390 e. The predicted molar refractivity (Wildman–Crippen MR) is 89.6 cm³/mol. The molecule has 23 heavy (non-hydrogen) atoms. The zero-order valence-corrected chi connectivity index (χ0v) is 13.8. The Balaban J connectivity index is 1.73. The third kappa shape index (κ3) is 3.82. The van der Waals surface area contributed by atoms with Crippen LogP contribution in [0.15, 0.2) is 6.07 Å². The summed E-state index contributed by atoms with van der Waals surface area (Å²) in [5.41, 5.74) is 5.84. The molecule has 0 bridgehead atoms. The Kier molecular flexibility index (Phi) is 4.84. The Hall–Kier alpha value is -1.64. The maximum atomic E-state index is 10.4. The Morgan fingerprint density at radius 3 is 2.74 bits per heavy atom. The molecule has 2 atom stereocenters. The molecule has 1 aromatic rings. The predicted octanol–water partition coefficient (Wildman–Crippen LogP) is -0.239. The molecule has 3 rings (SSSR count). The van der Waals surface area contributed by atoms with Gasteiger partial charge in [0.25, 0.3) is 0 Å². The molecule has 0 spiro atoms. The standard InChI is InChI=1S/C15H26N6O2/c1-10(2)17-13-7-14(19-15(16)18-13)21-8-11(12(22)9-21)20-3-5-23-6-4-20/h7,10-12,22H,3-6,8-9H2,1-2H3,(H3,16,17,18,19)/t11-,12-/m0/s1. The lowest BCUT2D eigenvalue weighted by molar-refractivity contribution is -0.00588. The van der Waals surface area contributed by atoms with Crippen LogP contribution in [-0.4, -0.2) is 77.6 Å². The number of aliphatic hydroxyl groups excluding tert-OH is 1. The van der Waals surface area contributed by atoms with Gasteiger partial charge in [0.15, 0.2) is 0 Å². The van der Waals surface area contributed by atoms with E-state index in [1.54, 1.807) is 0 Å². The Morgan fingerprint density at radius 1 is 1.30 bits per heavy atom. The first-order chi connectivity index (χ1) is 11.0. The van der Waals surface area contributed by atoms with Gasteiger partial charge < -0.3 is 25.8 Å². The number of nitrogens with one attached hydrogen (secondary N) is 1. The number of β-amino-alcohol motifs (C(OH)–C–C–N with tert-alkyl or cyclic N) is 1. The number of aliphatic hydroxyl groups is 1. The molecule has 0 amide bonds. The third-order valence-corrected chi connectivity index (χ3v) is 4.26. The molecular weight excluding hydrogens is 296 g/mol. The fourth-order valence-electron chi connectivity index (χ4n) is 3.21. The van der Waals surface area contributed by atoms with Gasteiger partial charge in [0.1, 0.15) is 11.6 Å². The van der Waals surface area contributed by atoms with Crippen LogP contribution in [0.25, 0.3) is 0 Å². The van der Waals surface area contributed by atoms with Crippen LogP contribution in [-0.2, 0) is 4.74 Å². The van der Waals surface area contributed by atoms with Crippen LogP contribution in [0.1, 0.15) is 13.8 Å². The summed E-state index contributed by atoms with van der Waals surface area (Å²) in [7, 11) is 0. The largest absolute Gasteiger partial charge is 0.390 e. The fraction of sp³-hybridized carbons (Fsp3) is 0.733. The van der Waals surface area contributed by atoms with Crippen molar-refractivity contribution < 1.29 is 9.84 Å². The van der Waals surface area contributed by atoms with E-state index in [4.69, 9.17) is 10.5 Å². The summed E-state index contributed by atoms with van der Waals surface area (Å²) in [5.74, 6) is 1.72. The van der Waals surface area contributed by atoms with Crippen LogP contribution < -0.4 is 16.0 Å². The van der Waals surface area contributed by atoms with E-state index in [-0.39, 0.29) is 18.0 Å². The van der Waals surface area contributed by atoms with Gasteiger partial charge in [-0.25, -0.2) is 0 Å². The second kappa shape index (κ2) is 6.86. The van der Waals surface area contributed by atoms with Crippen molar-refractivity contribution >= 4 is 17.6 Å². The van der Waals surface area contributed by atoms with Crippen molar-refractivity contribution in [3.63, 3.8) is 0 Å². The highest BCUT2D eigenvalue weighted by Crippen LogP contribution is 2.25. The Morgan fingerprint density at radius 2 is 2.04 bits per heavy atom. The van der Waals surface area contributed by atoms with E-state index >= 15 is 0 Å².